The quantitative estimate of drug-likeness (QED) is 0.223. The molecular weight excluding hydrogens is 522 g/mol. The van der Waals surface area contributed by atoms with Gasteiger partial charge in [0, 0.05) is 35.3 Å². The van der Waals surface area contributed by atoms with Gasteiger partial charge in [-0.05, 0) is 63.1 Å². The molecule has 1 aliphatic rings. The first kappa shape index (κ1) is 26.1. The molecule has 1 unspecified atom stereocenters. The standard InChI is InChI=1S/C29H29N9O3/c1-3-40-25-13-22-21(12-23(25)36-27(39)9-7-19-5-4-10-30-19)29(32-15-31-22)35-20-6-8-24(18(2)11-20)41-28-14-26-37-34-17-38(26)16-33-28/h6-9,11-17,19,30H,3-5,10H2,1-2H3,(H,36,39)(H,31,32,35)/b9-7+. The Labute approximate surface area is 235 Å². The molecule has 1 fully saturated rings. The van der Waals surface area contributed by atoms with E-state index in [-0.39, 0.29) is 11.9 Å². The molecule has 1 aliphatic heterocycles. The molecule has 1 amide bonds. The second-order valence-corrected chi connectivity index (χ2v) is 9.60. The molecule has 12 nitrogen and oxygen atoms in total. The van der Waals surface area contributed by atoms with Gasteiger partial charge in [-0.3, -0.25) is 9.20 Å². The number of hydrogen-bond donors (Lipinski definition) is 3. The molecule has 1 atom stereocenters. The van der Waals surface area contributed by atoms with Crippen LogP contribution in [0.4, 0.5) is 17.2 Å². The predicted octanol–water partition coefficient (Wildman–Crippen LogP) is 4.56. The van der Waals surface area contributed by atoms with Crippen molar-refractivity contribution in [2.75, 3.05) is 23.8 Å². The molecule has 208 valence electrons. The van der Waals surface area contributed by atoms with Gasteiger partial charge in [-0.15, -0.1) is 10.2 Å². The molecule has 5 aromatic rings. The van der Waals surface area contributed by atoms with Gasteiger partial charge in [-0.25, -0.2) is 15.0 Å². The van der Waals surface area contributed by atoms with E-state index >= 15 is 0 Å². The molecule has 12 heteroatoms. The van der Waals surface area contributed by atoms with Gasteiger partial charge in [-0.2, -0.15) is 0 Å². The number of aromatic nitrogens is 6. The maximum Gasteiger partial charge on any atom is 0.248 e. The summed E-state index contributed by atoms with van der Waals surface area (Å²) in [6, 6.07) is 11.3. The third-order valence-electron chi connectivity index (χ3n) is 6.69. The van der Waals surface area contributed by atoms with E-state index < -0.39 is 0 Å². The van der Waals surface area contributed by atoms with Crippen molar-refractivity contribution in [3.63, 3.8) is 0 Å². The van der Waals surface area contributed by atoms with Crippen LogP contribution in [0.2, 0.25) is 0 Å². The zero-order chi connectivity index (χ0) is 28.2. The number of carbonyl (C=O) groups is 1. The second kappa shape index (κ2) is 11.6. The van der Waals surface area contributed by atoms with Crippen molar-refractivity contribution in [3.8, 4) is 17.4 Å². The fourth-order valence-electron chi connectivity index (χ4n) is 4.67. The van der Waals surface area contributed by atoms with Crippen molar-refractivity contribution < 1.29 is 14.3 Å². The summed E-state index contributed by atoms with van der Waals surface area (Å²) in [7, 11) is 0. The monoisotopic (exact) mass is 551 g/mol. The number of hydrogen-bond acceptors (Lipinski definition) is 10. The van der Waals surface area contributed by atoms with Crippen LogP contribution in [0.1, 0.15) is 25.3 Å². The lowest BCUT2D eigenvalue weighted by Gasteiger charge is -2.15. The highest BCUT2D eigenvalue weighted by atomic mass is 16.5. The van der Waals surface area contributed by atoms with Crippen LogP contribution in [0.25, 0.3) is 16.6 Å². The number of nitrogens with one attached hydrogen (secondary N) is 3. The van der Waals surface area contributed by atoms with E-state index in [9.17, 15) is 4.79 Å². The summed E-state index contributed by atoms with van der Waals surface area (Å²) in [6.07, 6.45) is 10.3. The fourth-order valence-corrected chi connectivity index (χ4v) is 4.67. The van der Waals surface area contributed by atoms with E-state index in [1.165, 1.54) is 6.33 Å². The van der Waals surface area contributed by atoms with E-state index in [1.54, 1.807) is 29.2 Å². The van der Waals surface area contributed by atoms with Gasteiger partial charge in [0.25, 0.3) is 0 Å². The Kier molecular flexibility index (Phi) is 7.37. The molecular formula is C29H29N9O3. The number of benzene rings is 2. The Balaban J connectivity index is 1.23. The Morgan fingerprint density at radius 1 is 1.15 bits per heavy atom. The van der Waals surface area contributed by atoms with Crippen molar-refractivity contribution in [1.82, 2.24) is 34.9 Å². The Hall–Kier alpha value is -5.10. The number of nitrogens with zero attached hydrogens (tertiary/aromatic N) is 6. The van der Waals surface area contributed by atoms with E-state index in [2.05, 4.69) is 41.1 Å². The number of ether oxygens (including phenoxy) is 2. The summed E-state index contributed by atoms with van der Waals surface area (Å²) in [6.45, 7) is 5.26. The highest BCUT2D eigenvalue weighted by Crippen LogP contribution is 2.34. The average molecular weight is 552 g/mol. The second-order valence-electron chi connectivity index (χ2n) is 9.60. The SMILES string of the molecule is CCOc1cc2ncnc(Nc3ccc(Oc4cc5nncn5cn4)c(C)c3)c2cc1NC(=O)/C=C/C1CCCN1. The van der Waals surface area contributed by atoms with Crippen LogP contribution in [0.5, 0.6) is 17.4 Å². The minimum Gasteiger partial charge on any atom is -0.492 e. The summed E-state index contributed by atoms with van der Waals surface area (Å²) in [5.74, 6) is 1.98. The molecule has 3 N–H and O–H groups in total. The molecule has 6 rings (SSSR count). The van der Waals surface area contributed by atoms with Crippen LogP contribution in [-0.2, 0) is 4.79 Å². The molecule has 0 saturated carbocycles. The molecule has 3 aromatic heterocycles. The van der Waals surface area contributed by atoms with E-state index in [0.29, 0.717) is 46.7 Å². The Morgan fingerprint density at radius 3 is 2.90 bits per heavy atom. The highest BCUT2D eigenvalue weighted by Gasteiger charge is 2.15. The topological polar surface area (TPSA) is 140 Å². The number of rotatable bonds is 9. The lowest BCUT2D eigenvalue weighted by atomic mass is 10.1. The summed E-state index contributed by atoms with van der Waals surface area (Å²) < 4.78 is 13.5. The summed E-state index contributed by atoms with van der Waals surface area (Å²) in [5.41, 5.74) is 3.57. The van der Waals surface area contributed by atoms with Gasteiger partial charge < -0.3 is 25.4 Å². The molecule has 4 heterocycles. The molecule has 0 radical (unpaired) electrons. The number of aryl methyl sites for hydroxylation is 1. The zero-order valence-corrected chi connectivity index (χ0v) is 22.7. The van der Waals surface area contributed by atoms with E-state index in [4.69, 9.17) is 9.47 Å². The smallest absolute Gasteiger partial charge is 0.248 e. The van der Waals surface area contributed by atoms with Gasteiger partial charge in [-0.1, -0.05) is 6.08 Å². The minimum atomic E-state index is -0.228. The minimum absolute atomic E-state index is 0.224. The molecule has 0 bridgehead atoms. The zero-order valence-electron chi connectivity index (χ0n) is 22.7. The van der Waals surface area contributed by atoms with Crippen LogP contribution in [-0.4, -0.2) is 54.7 Å². The van der Waals surface area contributed by atoms with Gasteiger partial charge >= 0.3 is 0 Å². The van der Waals surface area contributed by atoms with E-state index in [1.807, 2.05) is 50.3 Å². The molecule has 2 aromatic carbocycles. The summed E-state index contributed by atoms with van der Waals surface area (Å²) >= 11 is 0. The number of fused-ring (bicyclic) bond motifs is 2. The van der Waals surface area contributed by atoms with Crippen LogP contribution < -0.4 is 25.4 Å². The van der Waals surface area contributed by atoms with Crippen LogP contribution in [0.3, 0.4) is 0 Å². The lowest BCUT2D eigenvalue weighted by molar-refractivity contribution is -0.111. The Bertz CT molecular complexity index is 1750. The molecule has 0 spiro atoms. The fraction of sp³-hybridized carbons (Fsp3) is 0.241. The third-order valence-corrected chi connectivity index (χ3v) is 6.69. The van der Waals surface area contributed by atoms with Crippen LogP contribution >= 0.6 is 0 Å². The highest BCUT2D eigenvalue weighted by molar-refractivity contribution is 6.03. The Morgan fingerprint density at radius 2 is 2.07 bits per heavy atom. The predicted molar refractivity (Wildman–Crippen MR) is 155 cm³/mol. The molecule has 1 saturated heterocycles. The maximum atomic E-state index is 12.7. The first-order valence-corrected chi connectivity index (χ1v) is 13.4. The van der Waals surface area contributed by atoms with Crippen molar-refractivity contribution in [1.29, 1.82) is 0 Å². The van der Waals surface area contributed by atoms with Crippen molar-refractivity contribution in [3.05, 3.63) is 73.1 Å². The van der Waals surface area contributed by atoms with Crippen LogP contribution in [0, 0.1) is 6.92 Å². The average Bonchev–Trinajstić information content (AvgIpc) is 3.66. The summed E-state index contributed by atoms with van der Waals surface area (Å²) in [5, 5.41) is 18.3. The van der Waals surface area contributed by atoms with Gasteiger partial charge in [0.1, 0.15) is 36.3 Å². The summed E-state index contributed by atoms with van der Waals surface area (Å²) in [4.78, 5) is 25.9. The molecule has 0 aliphatic carbocycles. The first-order valence-electron chi connectivity index (χ1n) is 13.4. The normalized spacial score (nSPS) is 15.0. The third kappa shape index (κ3) is 5.92. The number of amides is 1. The van der Waals surface area contributed by atoms with Crippen molar-refractivity contribution >= 4 is 39.6 Å². The van der Waals surface area contributed by atoms with Gasteiger partial charge in [0.2, 0.25) is 11.8 Å². The van der Waals surface area contributed by atoms with Crippen molar-refractivity contribution in [2.24, 2.45) is 0 Å². The lowest BCUT2D eigenvalue weighted by Crippen LogP contribution is -2.19. The number of anilines is 3. The van der Waals surface area contributed by atoms with Crippen LogP contribution in [0.15, 0.2) is 67.5 Å². The van der Waals surface area contributed by atoms with Crippen molar-refractivity contribution in [2.45, 2.75) is 32.7 Å². The number of carbonyl (C=O) groups excluding carboxylic acids is 1. The molecule has 41 heavy (non-hydrogen) atoms. The van der Waals surface area contributed by atoms with Gasteiger partial charge in [0.15, 0.2) is 5.65 Å². The maximum absolute atomic E-state index is 12.7. The van der Waals surface area contributed by atoms with Gasteiger partial charge in [0.05, 0.1) is 17.8 Å². The van der Waals surface area contributed by atoms with E-state index in [0.717, 1.165) is 36.0 Å². The largest absolute Gasteiger partial charge is 0.492 e. The first-order chi connectivity index (χ1) is 20.1.